The quantitative estimate of drug-likeness (QED) is 0.724. The fourth-order valence-corrected chi connectivity index (χ4v) is 3.22. The minimum atomic E-state index is -0.644. The number of carbonyl (C=O) groups excluding carboxylic acids is 2. The first kappa shape index (κ1) is 16.1. The Morgan fingerprint density at radius 3 is 2.71 bits per heavy atom. The Hall–Kier alpha value is -2.73. The topological polar surface area (TPSA) is 55.4 Å². The molecule has 0 aliphatic heterocycles. The largest absolute Gasteiger partial charge is 0.451 e. The van der Waals surface area contributed by atoms with E-state index in [-0.39, 0.29) is 10.7 Å². The Morgan fingerprint density at radius 1 is 1.17 bits per heavy atom. The van der Waals surface area contributed by atoms with Crippen LogP contribution in [0.4, 0.5) is 10.1 Å². The van der Waals surface area contributed by atoms with Crippen molar-refractivity contribution in [3.8, 4) is 0 Å². The van der Waals surface area contributed by atoms with E-state index in [1.165, 1.54) is 12.1 Å². The molecule has 6 heteroatoms. The Labute approximate surface area is 141 Å². The van der Waals surface area contributed by atoms with E-state index in [0.29, 0.717) is 15.8 Å². The average molecular weight is 343 g/mol. The normalized spacial score (nSPS) is 10.6. The zero-order valence-corrected chi connectivity index (χ0v) is 13.7. The molecule has 3 rings (SSSR count). The van der Waals surface area contributed by atoms with Gasteiger partial charge in [-0.25, -0.2) is 9.18 Å². The number of nitrogens with one attached hydrogen (secondary N) is 1. The Balaban J connectivity index is 1.62. The minimum absolute atomic E-state index is 0.262. The summed E-state index contributed by atoms with van der Waals surface area (Å²) in [6, 6.07) is 13.4. The number of fused-ring (bicyclic) bond motifs is 1. The van der Waals surface area contributed by atoms with Gasteiger partial charge in [-0.3, -0.25) is 4.79 Å². The molecule has 0 unspecified atom stereocenters. The minimum Gasteiger partial charge on any atom is -0.451 e. The monoisotopic (exact) mass is 343 g/mol. The van der Waals surface area contributed by atoms with Crippen molar-refractivity contribution >= 4 is 39.0 Å². The van der Waals surface area contributed by atoms with Gasteiger partial charge in [0.25, 0.3) is 5.91 Å². The van der Waals surface area contributed by atoms with Crippen molar-refractivity contribution in [1.82, 2.24) is 0 Å². The number of benzene rings is 2. The molecule has 1 N–H and O–H groups in total. The van der Waals surface area contributed by atoms with E-state index in [9.17, 15) is 14.0 Å². The summed E-state index contributed by atoms with van der Waals surface area (Å²) < 4.78 is 19.3. The number of esters is 1. The zero-order valence-electron chi connectivity index (χ0n) is 12.8. The lowest BCUT2D eigenvalue weighted by Crippen LogP contribution is -2.20. The van der Waals surface area contributed by atoms with Gasteiger partial charge in [0.1, 0.15) is 10.7 Å². The zero-order chi connectivity index (χ0) is 17.1. The third-order valence-electron chi connectivity index (χ3n) is 3.35. The van der Waals surface area contributed by atoms with Crippen LogP contribution in [0.5, 0.6) is 0 Å². The van der Waals surface area contributed by atoms with Crippen LogP contribution < -0.4 is 5.32 Å². The van der Waals surface area contributed by atoms with Crippen molar-refractivity contribution in [1.29, 1.82) is 0 Å². The molecule has 1 heterocycles. The maximum Gasteiger partial charge on any atom is 0.348 e. The molecule has 3 aromatic rings. The van der Waals surface area contributed by atoms with Crippen molar-refractivity contribution < 1.29 is 18.7 Å². The maximum atomic E-state index is 13.6. The van der Waals surface area contributed by atoms with E-state index in [4.69, 9.17) is 4.74 Å². The summed E-state index contributed by atoms with van der Waals surface area (Å²) in [5.41, 5.74) is 1.65. The second kappa shape index (κ2) is 6.80. The predicted molar refractivity (Wildman–Crippen MR) is 91.9 cm³/mol. The summed E-state index contributed by atoms with van der Waals surface area (Å²) >= 11 is 1.13. The lowest BCUT2D eigenvalue weighted by atomic mass is 10.2. The van der Waals surface area contributed by atoms with Gasteiger partial charge in [-0.1, -0.05) is 18.2 Å². The standard InChI is InChI=1S/C18H14FNO3S/c1-11-4-2-5-12(8-11)20-17(21)10-23-18(22)16-9-13-14(19)6-3-7-15(13)24-16/h2-9H,10H2,1H3,(H,20,21). The van der Waals surface area contributed by atoms with E-state index < -0.39 is 18.5 Å². The number of carbonyl (C=O) groups is 2. The van der Waals surface area contributed by atoms with E-state index in [2.05, 4.69) is 5.32 Å². The molecule has 0 saturated heterocycles. The molecule has 1 aromatic heterocycles. The Kier molecular flexibility index (Phi) is 4.57. The van der Waals surface area contributed by atoms with Gasteiger partial charge in [0.2, 0.25) is 0 Å². The van der Waals surface area contributed by atoms with Crippen molar-refractivity contribution in [3.63, 3.8) is 0 Å². The summed E-state index contributed by atoms with van der Waals surface area (Å²) in [6.07, 6.45) is 0. The summed E-state index contributed by atoms with van der Waals surface area (Å²) in [5, 5.41) is 3.03. The van der Waals surface area contributed by atoms with Gasteiger partial charge < -0.3 is 10.1 Å². The third kappa shape index (κ3) is 3.60. The number of hydrogen-bond acceptors (Lipinski definition) is 4. The fourth-order valence-electron chi connectivity index (χ4n) is 2.25. The SMILES string of the molecule is Cc1cccc(NC(=O)COC(=O)c2cc3c(F)cccc3s2)c1. The fraction of sp³-hybridized carbons (Fsp3) is 0.111. The maximum absolute atomic E-state index is 13.6. The van der Waals surface area contributed by atoms with Crippen LogP contribution in [0, 0.1) is 12.7 Å². The highest BCUT2D eigenvalue weighted by molar-refractivity contribution is 7.20. The Morgan fingerprint density at radius 2 is 1.96 bits per heavy atom. The molecule has 24 heavy (non-hydrogen) atoms. The summed E-state index contributed by atoms with van der Waals surface area (Å²) in [6.45, 7) is 1.51. The number of ether oxygens (including phenoxy) is 1. The van der Waals surface area contributed by atoms with Crippen LogP contribution >= 0.6 is 11.3 Å². The lowest BCUT2D eigenvalue weighted by molar-refractivity contribution is -0.119. The molecule has 0 spiro atoms. The molecular weight excluding hydrogens is 329 g/mol. The highest BCUT2D eigenvalue weighted by Gasteiger charge is 2.15. The molecule has 0 radical (unpaired) electrons. The summed E-state index contributed by atoms with van der Waals surface area (Å²) in [5.74, 6) is -1.46. The number of aryl methyl sites for hydroxylation is 1. The summed E-state index contributed by atoms with van der Waals surface area (Å²) in [4.78, 5) is 24.1. The van der Waals surface area contributed by atoms with Crippen molar-refractivity contribution in [2.24, 2.45) is 0 Å². The van der Waals surface area contributed by atoms with Crippen LogP contribution in [0.1, 0.15) is 15.2 Å². The van der Waals surface area contributed by atoms with E-state index in [1.54, 1.807) is 18.2 Å². The number of anilines is 1. The third-order valence-corrected chi connectivity index (χ3v) is 4.43. The number of thiophene rings is 1. The van der Waals surface area contributed by atoms with Gasteiger partial charge in [-0.05, 0) is 42.8 Å². The molecule has 0 saturated carbocycles. The van der Waals surface area contributed by atoms with Gasteiger partial charge in [0.15, 0.2) is 6.61 Å². The number of hydrogen-bond donors (Lipinski definition) is 1. The van der Waals surface area contributed by atoms with Gasteiger partial charge in [-0.2, -0.15) is 0 Å². The molecule has 2 aromatic carbocycles. The number of rotatable bonds is 4. The molecular formula is C18H14FNO3S. The smallest absolute Gasteiger partial charge is 0.348 e. The molecule has 122 valence electrons. The van der Waals surface area contributed by atoms with Crippen LogP contribution in [0.2, 0.25) is 0 Å². The first-order chi connectivity index (χ1) is 11.5. The van der Waals surface area contributed by atoms with Crippen LogP contribution in [0.15, 0.2) is 48.5 Å². The van der Waals surface area contributed by atoms with Gasteiger partial charge in [0, 0.05) is 15.8 Å². The van der Waals surface area contributed by atoms with Gasteiger partial charge in [0.05, 0.1) is 0 Å². The first-order valence-electron chi connectivity index (χ1n) is 7.24. The van der Waals surface area contributed by atoms with Crippen LogP contribution in [-0.2, 0) is 9.53 Å². The van der Waals surface area contributed by atoms with Crippen LogP contribution in [0.3, 0.4) is 0 Å². The molecule has 0 aliphatic rings. The molecule has 1 amide bonds. The summed E-state index contributed by atoms with van der Waals surface area (Å²) in [7, 11) is 0. The van der Waals surface area contributed by atoms with Crippen molar-refractivity contribution in [2.75, 3.05) is 11.9 Å². The molecule has 0 aliphatic carbocycles. The molecule has 0 fully saturated rings. The number of amides is 1. The van der Waals surface area contributed by atoms with Crippen molar-refractivity contribution in [2.45, 2.75) is 6.92 Å². The Bertz CT molecular complexity index is 920. The first-order valence-corrected chi connectivity index (χ1v) is 8.06. The van der Waals surface area contributed by atoms with E-state index in [0.717, 1.165) is 16.9 Å². The van der Waals surface area contributed by atoms with Gasteiger partial charge >= 0.3 is 5.97 Å². The second-order valence-electron chi connectivity index (χ2n) is 5.26. The van der Waals surface area contributed by atoms with E-state index >= 15 is 0 Å². The molecule has 0 atom stereocenters. The average Bonchev–Trinajstić information content (AvgIpc) is 2.98. The van der Waals surface area contributed by atoms with E-state index in [1.807, 2.05) is 25.1 Å². The van der Waals surface area contributed by atoms with Crippen LogP contribution in [0.25, 0.3) is 10.1 Å². The highest BCUT2D eigenvalue weighted by Crippen LogP contribution is 2.28. The molecule has 0 bridgehead atoms. The highest BCUT2D eigenvalue weighted by atomic mass is 32.1. The van der Waals surface area contributed by atoms with Crippen LogP contribution in [-0.4, -0.2) is 18.5 Å². The second-order valence-corrected chi connectivity index (χ2v) is 6.34. The predicted octanol–water partition coefficient (Wildman–Crippen LogP) is 4.14. The lowest BCUT2D eigenvalue weighted by Gasteiger charge is -2.06. The number of halogens is 1. The van der Waals surface area contributed by atoms with Crippen molar-refractivity contribution in [3.05, 3.63) is 64.8 Å². The molecule has 4 nitrogen and oxygen atoms in total. The van der Waals surface area contributed by atoms with Gasteiger partial charge in [-0.15, -0.1) is 11.3 Å².